The Kier molecular flexibility index (Phi) is 5.79. The number of hydrogen-bond acceptors (Lipinski definition) is 5. The lowest BCUT2D eigenvalue weighted by molar-refractivity contribution is -0.105. The van der Waals surface area contributed by atoms with E-state index in [9.17, 15) is 21.8 Å². The van der Waals surface area contributed by atoms with Gasteiger partial charge in [-0.2, -0.15) is 13.2 Å². The van der Waals surface area contributed by atoms with Crippen molar-refractivity contribution in [2.45, 2.75) is 24.9 Å². The van der Waals surface area contributed by atoms with E-state index in [4.69, 9.17) is 0 Å². The van der Waals surface area contributed by atoms with E-state index in [1.807, 2.05) is 0 Å². The van der Waals surface area contributed by atoms with Crippen LogP contribution in [0.5, 0.6) is 0 Å². The average Bonchev–Trinajstić information content (AvgIpc) is 2.86. The van der Waals surface area contributed by atoms with Gasteiger partial charge in [0.15, 0.2) is 0 Å². The number of thioether (sulfide) groups is 1. The van der Waals surface area contributed by atoms with Gasteiger partial charge in [-0.25, -0.2) is 9.40 Å². The summed E-state index contributed by atoms with van der Waals surface area (Å²) in [5, 5.41) is 5.79. The molecule has 0 fully saturated rings. The Labute approximate surface area is 144 Å². The summed E-state index contributed by atoms with van der Waals surface area (Å²) >= 11 is 0.608. The third kappa shape index (κ3) is 4.41. The van der Waals surface area contributed by atoms with Gasteiger partial charge < -0.3 is 4.90 Å². The highest BCUT2D eigenvalue weighted by molar-refractivity contribution is 8.00. The van der Waals surface area contributed by atoms with E-state index in [0.717, 1.165) is 0 Å². The van der Waals surface area contributed by atoms with Crippen LogP contribution in [0.4, 0.5) is 23.2 Å². The van der Waals surface area contributed by atoms with Crippen molar-refractivity contribution < 1.29 is 21.8 Å². The largest absolute Gasteiger partial charge is 0.398 e. The van der Waals surface area contributed by atoms with Gasteiger partial charge in [0.25, 0.3) is 0 Å². The molecule has 134 valence electrons. The number of hydrazone groups is 1. The number of halogens is 4. The Morgan fingerprint density at radius 2 is 2.04 bits per heavy atom. The summed E-state index contributed by atoms with van der Waals surface area (Å²) in [6.45, 7) is 3.49. The van der Waals surface area contributed by atoms with Crippen LogP contribution in [0, 0.1) is 12.7 Å². The number of anilines is 1. The molecule has 1 aliphatic heterocycles. The molecule has 0 N–H and O–H groups in total. The third-order valence-electron chi connectivity index (χ3n) is 3.26. The van der Waals surface area contributed by atoms with Gasteiger partial charge in [0.1, 0.15) is 12.5 Å². The van der Waals surface area contributed by atoms with Gasteiger partial charge in [-0.05, 0) is 24.6 Å². The average molecular weight is 383 g/mol. The molecule has 10 heteroatoms. The molecule has 1 unspecified atom stereocenters. The predicted octanol–water partition coefficient (Wildman–Crippen LogP) is 3.54. The van der Waals surface area contributed by atoms with E-state index in [2.05, 4.69) is 5.10 Å². The van der Waals surface area contributed by atoms with Gasteiger partial charge in [0.05, 0.1) is 22.2 Å². The highest BCUT2D eigenvalue weighted by Crippen LogP contribution is 2.34. The van der Waals surface area contributed by atoms with Crippen LogP contribution in [0.1, 0.15) is 12.5 Å². The second-order valence-corrected chi connectivity index (χ2v) is 7.88. The Hall–Kier alpha value is -1.29. The first-order valence-corrected chi connectivity index (χ1v) is 9.38. The van der Waals surface area contributed by atoms with E-state index < -0.39 is 28.5 Å². The van der Waals surface area contributed by atoms with Crippen LogP contribution >= 0.6 is 11.8 Å². The Morgan fingerprint density at radius 1 is 1.38 bits per heavy atom. The number of alkyl halides is 3. The van der Waals surface area contributed by atoms with Crippen molar-refractivity contribution in [2.24, 2.45) is 5.10 Å². The van der Waals surface area contributed by atoms with E-state index in [0.29, 0.717) is 33.1 Å². The van der Waals surface area contributed by atoms with Crippen molar-refractivity contribution in [3.05, 3.63) is 23.5 Å². The molecule has 0 spiro atoms. The first-order chi connectivity index (χ1) is 11.1. The minimum absolute atomic E-state index is 0.0697. The summed E-state index contributed by atoms with van der Waals surface area (Å²) in [7, 11) is 0.378. The van der Waals surface area contributed by atoms with Crippen molar-refractivity contribution in [2.75, 3.05) is 30.2 Å². The van der Waals surface area contributed by atoms with Crippen molar-refractivity contribution in [1.29, 1.82) is 0 Å². The van der Waals surface area contributed by atoms with Gasteiger partial charge in [0.2, 0.25) is 5.17 Å². The SMILES string of the molecule is CCS(=O)C1=NN(c2cc(SCC(F)(F)F)c(C)cc2F)CN1C. The van der Waals surface area contributed by atoms with E-state index >= 15 is 0 Å². The molecule has 0 amide bonds. The maximum Gasteiger partial charge on any atom is 0.398 e. The molecule has 1 aromatic rings. The second kappa shape index (κ2) is 7.30. The first-order valence-electron chi connectivity index (χ1n) is 7.07. The zero-order valence-electron chi connectivity index (χ0n) is 13.4. The quantitative estimate of drug-likeness (QED) is 0.589. The summed E-state index contributed by atoms with van der Waals surface area (Å²) in [6.07, 6.45) is -4.30. The molecule has 0 saturated heterocycles. The van der Waals surface area contributed by atoms with Gasteiger partial charge in [-0.15, -0.1) is 16.9 Å². The summed E-state index contributed by atoms with van der Waals surface area (Å²) in [4.78, 5) is 1.97. The van der Waals surface area contributed by atoms with Gasteiger partial charge >= 0.3 is 6.18 Å². The topological polar surface area (TPSA) is 35.9 Å². The Morgan fingerprint density at radius 3 is 2.62 bits per heavy atom. The van der Waals surface area contributed by atoms with Crippen LogP contribution in [0.25, 0.3) is 0 Å². The van der Waals surface area contributed by atoms with Crippen LogP contribution in [0.2, 0.25) is 0 Å². The fraction of sp³-hybridized carbons (Fsp3) is 0.500. The molecule has 2 rings (SSSR count). The number of aryl methyl sites for hydroxylation is 1. The van der Waals surface area contributed by atoms with Gasteiger partial charge in [-0.1, -0.05) is 6.92 Å². The summed E-state index contributed by atoms with van der Waals surface area (Å²) < 4.78 is 63.4. The van der Waals surface area contributed by atoms with Gasteiger partial charge in [0, 0.05) is 17.7 Å². The molecular weight excluding hydrogens is 366 g/mol. The maximum absolute atomic E-state index is 14.3. The Bertz CT molecular complexity index is 679. The van der Waals surface area contributed by atoms with Crippen LogP contribution in [0.15, 0.2) is 22.1 Å². The molecule has 24 heavy (non-hydrogen) atoms. The molecular formula is C14H17F4N3OS2. The lowest BCUT2D eigenvalue weighted by atomic mass is 10.2. The van der Waals surface area contributed by atoms with E-state index in [-0.39, 0.29) is 12.4 Å². The molecule has 1 aromatic carbocycles. The molecule has 0 bridgehead atoms. The lowest BCUT2D eigenvalue weighted by Gasteiger charge is -2.18. The van der Waals surface area contributed by atoms with E-state index in [1.54, 1.807) is 25.8 Å². The van der Waals surface area contributed by atoms with Crippen LogP contribution in [-0.2, 0) is 10.8 Å². The minimum Gasteiger partial charge on any atom is -0.331 e. The maximum atomic E-state index is 14.3. The summed E-state index contributed by atoms with van der Waals surface area (Å²) in [5.41, 5.74) is 0.500. The highest BCUT2D eigenvalue weighted by atomic mass is 32.2. The summed E-state index contributed by atoms with van der Waals surface area (Å²) in [5.74, 6) is -1.25. The standard InChI is InChI=1S/C14H17F4N3OS2/c1-4-24(22)13-19-21(8-20(13)3)11-6-12(9(2)5-10(11)15)23-7-14(16,17)18/h5-6H,4,7-8H2,1-3H3. The molecule has 0 saturated carbocycles. The predicted molar refractivity (Wildman–Crippen MR) is 89.1 cm³/mol. The first kappa shape index (κ1) is 19.0. The van der Waals surface area contributed by atoms with Crippen molar-refractivity contribution in [1.82, 2.24) is 4.90 Å². The number of rotatable bonds is 4. The number of amidine groups is 1. The molecule has 1 atom stereocenters. The van der Waals surface area contributed by atoms with Crippen LogP contribution in [0.3, 0.4) is 0 Å². The normalized spacial score (nSPS) is 16.5. The lowest BCUT2D eigenvalue weighted by Crippen LogP contribution is -2.29. The van der Waals surface area contributed by atoms with Crippen LogP contribution in [-0.4, -0.2) is 45.7 Å². The Balaban J connectivity index is 2.31. The number of hydrogen-bond donors (Lipinski definition) is 0. The zero-order chi connectivity index (χ0) is 18.1. The molecule has 4 nitrogen and oxygen atoms in total. The molecule has 0 aromatic heterocycles. The summed E-state index contributed by atoms with van der Waals surface area (Å²) in [6, 6.07) is 2.55. The monoisotopic (exact) mass is 383 g/mol. The fourth-order valence-corrected chi connectivity index (χ4v) is 3.76. The molecule has 0 radical (unpaired) electrons. The highest BCUT2D eigenvalue weighted by Gasteiger charge is 2.29. The third-order valence-corrected chi connectivity index (χ3v) is 5.81. The van der Waals surface area contributed by atoms with Crippen molar-refractivity contribution in [3.63, 3.8) is 0 Å². The van der Waals surface area contributed by atoms with Crippen LogP contribution < -0.4 is 5.01 Å². The van der Waals surface area contributed by atoms with Crippen molar-refractivity contribution in [3.8, 4) is 0 Å². The van der Waals surface area contributed by atoms with Gasteiger partial charge in [-0.3, -0.25) is 4.21 Å². The fourth-order valence-electron chi connectivity index (χ4n) is 2.11. The number of benzene rings is 1. The smallest absolute Gasteiger partial charge is 0.331 e. The number of nitrogens with zero attached hydrogens (tertiary/aromatic N) is 3. The second-order valence-electron chi connectivity index (χ2n) is 5.23. The molecule has 1 aliphatic rings. The minimum atomic E-state index is -4.30. The molecule has 1 heterocycles. The molecule has 0 aliphatic carbocycles. The van der Waals surface area contributed by atoms with Crippen molar-refractivity contribution >= 4 is 33.4 Å². The van der Waals surface area contributed by atoms with E-state index in [1.165, 1.54) is 17.1 Å². The zero-order valence-corrected chi connectivity index (χ0v) is 15.0.